The minimum atomic E-state index is 0.660. The van der Waals surface area contributed by atoms with Crippen molar-refractivity contribution in [1.29, 1.82) is 0 Å². The van der Waals surface area contributed by atoms with E-state index < -0.39 is 0 Å². The Morgan fingerprint density at radius 3 is 3.00 bits per heavy atom. The maximum atomic E-state index is 4.45. The summed E-state index contributed by atoms with van der Waals surface area (Å²) in [5.41, 5.74) is 4.31. The van der Waals surface area contributed by atoms with Gasteiger partial charge in [-0.3, -0.25) is 0 Å². The molecular formula is C12H8N6. The number of benzene rings is 1. The lowest BCUT2D eigenvalue weighted by atomic mass is 10.2. The summed E-state index contributed by atoms with van der Waals surface area (Å²) < 4.78 is 0. The van der Waals surface area contributed by atoms with Gasteiger partial charge in [-0.1, -0.05) is 6.07 Å². The predicted octanol–water partition coefficient (Wildman–Crippen LogP) is 1.90. The third-order valence-corrected chi connectivity index (χ3v) is 2.87. The molecule has 0 aliphatic heterocycles. The van der Waals surface area contributed by atoms with Gasteiger partial charge in [-0.05, 0) is 12.1 Å². The van der Waals surface area contributed by atoms with Crippen molar-refractivity contribution in [2.24, 2.45) is 0 Å². The third kappa shape index (κ3) is 1.22. The van der Waals surface area contributed by atoms with Crippen LogP contribution in [0.15, 0.2) is 37.1 Å². The van der Waals surface area contributed by atoms with Crippen molar-refractivity contribution in [2.45, 2.75) is 0 Å². The summed E-state index contributed by atoms with van der Waals surface area (Å²) in [6, 6.07) is 5.93. The maximum absolute atomic E-state index is 4.45. The third-order valence-electron chi connectivity index (χ3n) is 2.87. The van der Waals surface area contributed by atoms with Crippen LogP contribution in [0.5, 0.6) is 0 Å². The van der Waals surface area contributed by atoms with Gasteiger partial charge < -0.3 is 9.97 Å². The fourth-order valence-corrected chi connectivity index (χ4v) is 2.05. The number of nitrogens with zero attached hydrogens (tertiary/aromatic N) is 4. The predicted molar refractivity (Wildman–Crippen MR) is 66.8 cm³/mol. The zero-order valence-electron chi connectivity index (χ0n) is 9.25. The zero-order valence-corrected chi connectivity index (χ0v) is 9.25. The Kier molecular flexibility index (Phi) is 1.74. The minimum Gasteiger partial charge on any atom is -0.345 e. The molecule has 3 aromatic heterocycles. The number of hydrogen-bond acceptors (Lipinski definition) is 4. The quantitative estimate of drug-likeness (QED) is 0.528. The van der Waals surface area contributed by atoms with Crippen LogP contribution in [0.1, 0.15) is 0 Å². The number of aromatic amines is 2. The largest absolute Gasteiger partial charge is 0.345 e. The first-order valence-corrected chi connectivity index (χ1v) is 5.50. The Morgan fingerprint density at radius 2 is 2.06 bits per heavy atom. The summed E-state index contributed by atoms with van der Waals surface area (Å²) in [5, 5.41) is 0. The molecule has 0 fully saturated rings. The Bertz CT molecular complexity index is 811. The van der Waals surface area contributed by atoms with Crippen LogP contribution in [-0.4, -0.2) is 29.9 Å². The second-order valence-electron chi connectivity index (χ2n) is 3.95. The topological polar surface area (TPSA) is 83.1 Å². The molecule has 0 spiro atoms. The first kappa shape index (κ1) is 9.29. The number of para-hydroxylation sites is 1. The molecular weight excluding hydrogens is 228 g/mol. The minimum absolute atomic E-state index is 0.660. The monoisotopic (exact) mass is 236 g/mol. The van der Waals surface area contributed by atoms with Gasteiger partial charge in [-0.15, -0.1) is 0 Å². The van der Waals surface area contributed by atoms with E-state index in [1.165, 1.54) is 6.33 Å². The zero-order chi connectivity index (χ0) is 11.9. The number of H-pyrrole nitrogens is 2. The number of aromatic nitrogens is 6. The summed E-state index contributed by atoms with van der Waals surface area (Å²) in [6.07, 6.45) is 4.88. The van der Waals surface area contributed by atoms with E-state index in [0.717, 1.165) is 27.9 Å². The smallest absolute Gasteiger partial charge is 0.181 e. The van der Waals surface area contributed by atoms with Crippen molar-refractivity contribution < 1.29 is 0 Å². The SMILES string of the molecule is c1cc(-c2nc3ncncc3[nH]2)c2nc[nH]c2c1. The fraction of sp³-hybridized carbons (Fsp3) is 0. The van der Waals surface area contributed by atoms with Crippen LogP contribution in [0, 0.1) is 0 Å². The second kappa shape index (κ2) is 3.36. The average Bonchev–Trinajstić information content (AvgIpc) is 3.04. The Hall–Kier alpha value is -2.76. The summed E-state index contributed by atoms with van der Waals surface area (Å²) in [6.45, 7) is 0. The van der Waals surface area contributed by atoms with Gasteiger partial charge in [0.25, 0.3) is 0 Å². The normalized spacial score (nSPS) is 11.3. The van der Waals surface area contributed by atoms with E-state index in [-0.39, 0.29) is 0 Å². The highest BCUT2D eigenvalue weighted by atomic mass is 15.0. The number of imidazole rings is 2. The average molecular weight is 236 g/mol. The molecule has 4 aromatic rings. The molecule has 0 radical (unpaired) electrons. The van der Waals surface area contributed by atoms with Crippen molar-refractivity contribution in [3.63, 3.8) is 0 Å². The maximum Gasteiger partial charge on any atom is 0.181 e. The molecule has 0 bridgehead atoms. The number of hydrogen-bond donors (Lipinski definition) is 2. The van der Waals surface area contributed by atoms with Crippen LogP contribution in [0.3, 0.4) is 0 Å². The highest BCUT2D eigenvalue weighted by molar-refractivity contribution is 5.91. The molecule has 18 heavy (non-hydrogen) atoms. The molecule has 6 heteroatoms. The van der Waals surface area contributed by atoms with E-state index in [2.05, 4.69) is 29.9 Å². The standard InChI is InChI=1S/C12H8N6/c1-2-7(10-8(3-1)14-6-15-10)11-17-9-4-13-5-16-12(9)18-11/h1-6H,(H,14,15)(H,13,16,17,18). The van der Waals surface area contributed by atoms with Gasteiger partial charge in [-0.25, -0.2) is 19.9 Å². The molecule has 0 unspecified atom stereocenters. The number of nitrogens with one attached hydrogen (secondary N) is 2. The molecule has 0 amide bonds. The summed E-state index contributed by atoms with van der Waals surface area (Å²) in [5.74, 6) is 0.753. The van der Waals surface area contributed by atoms with Gasteiger partial charge >= 0.3 is 0 Å². The summed E-state index contributed by atoms with van der Waals surface area (Å²) in [7, 11) is 0. The fourth-order valence-electron chi connectivity index (χ4n) is 2.05. The van der Waals surface area contributed by atoms with Crippen molar-refractivity contribution in [2.75, 3.05) is 0 Å². The Labute approximate surface area is 101 Å². The Balaban J connectivity index is 2.04. The van der Waals surface area contributed by atoms with Crippen LogP contribution >= 0.6 is 0 Å². The van der Waals surface area contributed by atoms with Crippen LogP contribution in [-0.2, 0) is 0 Å². The van der Waals surface area contributed by atoms with Gasteiger partial charge in [0.2, 0.25) is 0 Å². The highest BCUT2D eigenvalue weighted by Gasteiger charge is 2.10. The van der Waals surface area contributed by atoms with Crippen molar-refractivity contribution in [1.82, 2.24) is 29.9 Å². The van der Waals surface area contributed by atoms with Crippen molar-refractivity contribution in [3.8, 4) is 11.4 Å². The first-order valence-electron chi connectivity index (χ1n) is 5.50. The summed E-state index contributed by atoms with van der Waals surface area (Å²) >= 11 is 0. The molecule has 0 saturated carbocycles. The summed E-state index contributed by atoms with van der Waals surface area (Å²) in [4.78, 5) is 23.1. The van der Waals surface area contributed by atoms with E-state index in [0.29, 0.717) is 5.65 Å². The van der Waals surface area contributed by atoms with Crippen LogP contribution in [0.4, 0.5) is 0 Å². The lowest BCUT2D eigenvalue weighted by molar-refractivity contribution is 1.20. The van der Waals surface area contributed by atoms with Gasteiger partial charge in [0, 0.05) is 5.56 Å². The molecule has 6 nitrogen and oxygen atoms in total. The molecule has 4 rings (SSSR count). The number of rotatable bonds is 1. The van der Waals surface area contributed by atoms with Crippen LogP contribution in [0.2, 0.25) is 0 Å². The van der Waals surface area contributed by atoms with Crippen LogP contribution < -0.4 is 0 Å². The molecule has 0 atom stereocenters. The van der Waals surface area contributed by atoms with Crippen molar-refractivity contribution >= 4 is 22.2 Å². The lowest BCUT2D eigenvalue weighted by Crippen LogP contribution is -1.82. The molecule has 0 aliphatic rings. The van der Waals surface area contributed by atoms with E-state index in [9.17, 15) is 0 Å². The molecule has 0 aliphatic carbocycles. The molecule has 1 aromatic carbocycles. The van der Waals surface area contributed by atoms with Gasteiger partial charge in [0.15, 0.2) is 5.65 Å². The van der Waals surface area contributed by atoms with Gasteiger partial charge in [-0.2, -0.15) is 0 Å². The van der Waals surface area contributed by atoms with Gasteiger partial charge in [0.1, 0.15) is 17.7 Å². The molecule has 0 saturated heterocycles. The molecule has 86 valence electrons. The lowest BCUT2D eigenvalue weighted by Gasteiger charge is -1.97. The van der Waals surface area contributed by atoms with E-state index in [1.807, 2.05) is 18.2 Å². The highest BCUT2D eigenvalue weighted by Crippen LogP contribution is 2.25. The van der Waals surface area contributed by atoms with E-state index >= 15 is 0 Å². The van der Waals surface area contributed by atoms with E-state index in [4.69, 9.17) is 0 Å². The molecule has 3 heterocycles. The first-order chi connectivity index (χ1) is 8.92. The van der Waals surface area contributed by atoms with Crippen molar-refractivity contribution in [3.05, 3.63) is 37.1 Å². The second-order valence-corrected chi connectivity index (χ2v) is 3.95. The van der Waals surface area contributed by atoms with E-state index in [1.54, 1.807) is 12.5 Å². The van der Waals surface area contributed by atoms with Crippen LogP contribution in [0.25, 0.3) is 33.6 Å². The molecule has 2 N–H and O–H groups in total. The Morgan fingerprint density at radius 1 is 1.06 bits per heavy atom. The van der Waals surface area contributed by atoms with Gasteiger partial charge in [0.05, 0.1) is 23.6 Å². The number of fused-ring (bicyclic) bond motifs is 2.